The fourth-order valence-corrected chi connectivity index (χ4v) is 3.08. The third-order valence-corrected chi connectivity index (χ3v) is 4.42. The fraction of sp³-hybridized carbons (Fsp3) is 0.115. The van der Waals surface area contributed by atoms with Crippen molar-refractivity contribution in [2.45, 2.75) is 20.8 Å². The van der Waals surface area contributed by atoms with Gasteiger partial charge in [0.2, 0.25) is 0 Å². The van der Waals surface area contributed by atoms with Gasteiger partial charge in [-0.25, -0.2) is 4.98 Å². The highest BCUT2D eigenvalue weighted by molar-refractivity contribution is 5.77. The molecule has 0 saturated heterocycles. The van der Waals surface area contributed by atoms with Crippen LogP contribution in [0.25, 0.3) is 33.6 Å². The summed E-state index contributed by atoms with van der Waals surface area (Å²) in [6, 6.07) is 33.6. The molecule has 1 aromatic heterocycles. The zero-order valence-electron chi connectivity index (χ0n) is 16.2. The Bertz CT molecular complexity index is 931. The lowest BCUT2D eigenvalue weighted by Crippen LogP contribution is -1.92. The third kappa shape index (κ3) is 4.32. The number of aryl methyl sites for hydroxylation is 1. The molecule has 0 aliphatic carbocycles. The number of nitrogens with zero attached hydrogens (tertiary/aromatic N) is 1. The van der Waals surface area contributed by atoms with Crippen molar-refractivity contribution < 1.29 is 0 Å². The second-order valence-corrected chi connectivity index (χ2v) is 6.17. The van der Waals surface area contributed by atoms with Crippen LogP contribution in [0.1, 0.15) is 19.4 Å². The predicted molar refractivity (Wildman–Crippen MR) is 117 cm³/mol. The van der Waals surface area contributed by atoms with Gasteiger partial charge in [-0.05, 0) is 35.7 Å². The topological polar surface area (TPSA) is 12.9 Å². The number of pyridine rings is 1. The van der Waals surface area contributed by atoms with Crippen LogP contribution < -0.4 is 0 Å². The van der Waals surface area contributed by atoms with E-state index in [1.807, 2.05) is 26.0 Å². The molecule has 0 fully saturated rings. The van der Waals surface area contributed by atoms with Gasteiger partial charge in [-0.3, -0.25) is 0 Å². The van der Waals surface area contributed by atoms with Gasteiger partial charge in [-0.1, -0.05) is 98.8 Å². The fourth-order valence-electron chi connectivity index (χ4n) is 3.08. The minimum absolute atomic E-state index is 1.00. The first-order valence-corrected chi connectivity index (χ1v) is 9.50. The lowest BCUT2D eigenvalue weighted by Gasteiger charge is -2.11. The maximum absolute atomic E-state index is 4.96. The van der Waals surface area contributed by atoms with Crippen molar-refractivity contribution in [3.63, 3.8) is 0 Å². The lowest BCUT2D eigenvalue weighted by molar-refractivity contribution is 1.30. The van der Waals surface area contributed by atoms with E-state index in [-0.39, 0.29) is 0 Å². The molecule has 27 heavy (non-hydrogen) atoms. The van der Waals surface area contributed by atoms with Crippen molar-refractivity contribution in [2.75, 3.05) is 0 Å². The van der Waals surface area contributed by atoms with E-state index >= 15 is 0 Å². The second kappa shape index (κ2) is 8.95. The van der Waals surface area contributed by atoms with E-state index in [1.165, 1.54) is 22.3 Å². The molecule has 4 aromatic rings. The average Bonchev–Trinajstić information content (AvgIpc) is 2.76. The van der Waals surface area contributed by atoms with Crippen molar-refractivity contribution in [3.05, 3.63) is 103 Å². The summed E-state index contributed by atoms with van der Waals surface area (Å²) in [5.41, 5.74) is 7.95. The van der Waals surface area contributed by atoms with Crippen LogP contribution in [0.5, 0.6) is 0 Å². The molecule has 0 aliphatic rings. The molecule has 0 unspecified atom stereocenters. The van der Waals surface area contributed by atoms with Gasteiger partial charge in [0.25, 0.3) is 0 Å². The largest absolute Gasteiger partial charge is 0.248 e. The summed E-state index contributed by atoms with van der Waals surface area (Å²) >= 11 is 0. The number of hydrogen-bond donors (Lipinski definition) is 0. The van der Waals surface area contributed by atoms with Crippen LogP contribution in [0.2, 0.25) is 0 Å². The van der Waals surface area contributed by atoms with Gasteiger partial charge in [-0.2, -0.15) is 0 Å². The quantitative estimate of drug-likeness (QED) is 0.374. The molecule has 0 radical (unpaired) electrons. The van der Waals surface area contributed by atoms with E-state index in [9.17, 15) is 0 Å². The minimum atomic E-state index is 1.00. The van der Waals surface area contributed by atoms with Crippen LogP contribution in [-0.4, -0.2) is 4.98 Å². The third-order valence-electron chi connectivity index (χ3n) is 4.42. The molecule has 1 nitrogen and oxygen atoms in total. The number of benzene rings is 3. The maximum Gasteiger partial charge on any atom is 0.0718 e. The van der Waals surface area contributed by atoms with Crippen molar-refractivity contribution in [2.24, 2.45) is 0 Å². The number of rotatable bonds is 3. The Morgan fingerprint density at radius 1 is 0.519 bits per heavy atom. The summed E-state index contributed by atoms with van der Waals surface area (Å²) in [6.45, 7) is 6.13. The van der Waals surface area contributed by atoms with Crippen LogP contribution in [-0.2, 0) is 0 Å². The first-order valence-electron chi connectivity index (χ1n) is 9.50. The first-order chi connectivity index (χ1) is 13.3. The van der Waals surface area contributed by atoms with E-state index < -0.39 is 0 Å². The molecule has 0 atom stereocenters. The first kappa shape index (κ1) is 18.6. The van der Waals surface area contributed by atoms with Gasteiger partial charge in [0, 0.05) is 11.1 Å². The van der Waals surface area contributed by atoms with Gasteiger partial charge >= 0.3 is 0 Å². The standard InChI is InChI=1S/C24H19N.C2H6/c1-18-10-8-9-15-22(18)24-17-21(19-11-4-2-5-12-19)16-23(25-24)20-13-6-3-7-14-20;1-2/h2-17H,1H3;1-2H3. The molecular weight excluding hydrogens is 326 g/mol. The summed E-state index contributed by atoms with van der Waals surface area (Å²) in [7, 11) is 0. The van der Waals surface area contributed by atoms with Gasteiger partial charge < -0.3 is 0 Å². The number of aromatic nitrogens is 1. The predicted octanol–water partition coefficient (Wildman–Crippen LogP) is 7.42. The normalized spacial score (nSPS) is 10.0. The molecule has 4 rings (SSSR count). The SMILES string of the molecule is CC.Cc1ccccc1-c1cc(-c2ccccc2)cc(-c2ccccc2)n1. The Balaban J connectivity index is 0.00000102. The van der Waals surface area contributed by atoms with Gasteiger partial charge in [0.1, 0.15) is 0 Å². The molecule has 1 heteroatoms. The Hall–Kier alpha value is -3.19. The van der Waals surface area contributed by atoms with E-state index in [4.69, 9.17) is 4.98 Å². The molecule has 0 spiro atoms. The van der Waals surface area contributed by atoms with E-state index in [0.717, 1.165) is 17.0 Å². The molecule has 0 bridgehead atoms. The monoisotopic (exact) mass is 351 g/mol. The lowest BCUT2D eigenvalue weighted by atomic mass is 9.98. The van der Waals surface area contributed by atoms with Crippen LogP contribution in [0.3, 0.4) is 0 Å². The molecule has 134 valence electrons. The van der Waals surface area contributed by atoms with Crippen molar-refractivity contribution in [1.82, 2.24) is 4.98 Å². The van der Waals surface area contributed by atoms with Crippen LogP contribution in [0, 0.1) is 6.92 Å². The summed E-state index contributed by atoms with van der Waals surface area (Å²) in [4.78, 5) is 4.96. The molecule has 0 amide bonds. The molecular formula is C26H25N. The Labute approximate surface area is 162 Å². The highest BCUT2D eigenvalue weighted by atomic mass is 14.7. The van der Waals surface area contributed by atoms with Crippen molar-refractivity contribution in [1.29, 1.82) is 0 Å². The van der Waals surface area contributed by atoms with Crippen molar-refractivity contribution in [3.8, 4) is 33.6 Å². The zero-order valence-corrected chi connectivity index (χ0v) is 16.2. The van der Waals surface area contributed by atoms with Crippen molar-refractivity contribution >= 4 is 0 Å². The Morgan fingerprint density at radius 2 is 1.04 bits per heavy atom. The van der Waals surface area contributed by atoms with Gasteiger partial charge in [0.15, 0.2) is 0 Å². The summed E-state index contributed by atoms with van der Waals surface area (Å²) in [6.07, 6.45) is 0. The Kier molecular flexibility index (Phi) is 6.17. The highest BCUT2D eigenvalue weighted by Gasteiger charge is 2.09. The van der Waals surface area contributed by atoms with E-state index in [2.05, 4.69) is 91.9 Å². The average molecular weight is 351 g/mol. The van der Waals surface area contributed by atoms with Crippen LogP contribution in [0.4, 0.5) is 0 Å². The highest BCUT2D eigenvalue weighted by Crippen LogP contribution is 2.31. The smallest absolute Gasteiger partial charge is 0.0718 e. The summed E-state index contributed by atoms with van der Waals surface area (Å²) in [5, 5.41) is 0. The number of hydrogen-bond acceptors (Lipinski definition) is 1. The van der Waals surface area contributed by atoms with E-state index in [1.54, 1.807) is 0 Å². The molecule has 0 saturated carbocycles. The zero-order chi connectivity index (χ0) is 19.1. The summed E-state index contributed by atoms with van der Waals surface area (Å²) in [5.74, 6) is 0. The van der Waals surface area contributed by atoms with Crippen LogP contribution >= 0.6 is 0 Å². The molecule has 1 heterocycles. The van der Waals surface area contributed by atoms with E-state index in [0.29, 0.717) is 0 Å². The minimum Gasteiger partial charge on any atom is -0.248 e. The van der Waals surface area contributed by atoms with Crippen LogP contribution in [0.15, 0.2) is 97.1 Å². The second-order valence-electron chi connectivity index (χ2n) is 6.17. The molecule has 0 aliphatic heterocycles. The molecule has 3 aromatic carbocycles. The van der Waals surface area contributed by atoms with Gasteiger partial charge in [-0.15, -0.1) is 0 Å². The Morgan fingerprint density at radius 3 is 1.67 bits per heavy atom. The van der Waals surface area contributed by atoms with Gasteiger partial charge in [0.05, 0.1) is 11.4 Å². The maximum atomic E-state index is 4.96. The molecule has 0 N–H and O–H groups in total. The summed E-state index contributed by atoms with van der Waals surface area (Å²) < 4.78 is 0.